The third-order valence-corrected chi connectivity index (χ3v) is 3.44. The highest BCUT2D eigenvalue weighted by atomic mass is 16.1. The van der Waals surface area contributed by atoms with Crippen LogP contribution in [-0.2, 0) is 0 Å². The number of aromatic nitrogens is 1. The third kappa shape index (κ3) is 2.39. The SMILES string of the molecule is Cc1nc2ccccc2cc1C(=O)c1ccc(C#N)cc1. The summed E-state index contributed by atoms with van der Waals surface area (Å²) in [6.07, 6.45) is 0. The van der Waals surface area contributed by atoms with E-state index in [0.29, 0.717) is 22.4 Å². The molecule has 3 aromatic rings. The molecule has 0 fully saturated rings. The minimum absolute atomic E-state index is 0.0738. The maximum absolute atomic E-state index is 12.6. The van der Waals surface area contributed by atoms with Gasteiger partial charge in [-0.2, -0.15) is 5.26 Å². The van der Waals surface area contributed by atoms with Crippen molar-refractivity contribution >= 4 is 16.7 Å². The van der Waals surface area contributed by atoms with Crippen molar-refractivity contribution in [1.82, 2.24) is 4.98 Å². The summed E-state index contributed by atoms with van der Waals surface area (Å²) in [7, 11) is 0. The van der Waals surface area contributed by atoms with E-state index in [9.17, 15) is 4.79 Å². The second-order valence-corrected chi connectivity index (χ2v) is 4.83. The van der Waals surface area contributed by atoms with Crippen molar-refractivity contribution in [1.29, 1.82) is 5.26 Å². The zero-order valence-corrected chi connectivity index (χ0v) is 11.5. The number of hydrogen-bond donors (Lipinski definition) is 0. The van der Waals surface area contributed by atoms with Crippen LogP contribution in [0.5, 0.6) is 0 Å². The lowest BCUT2D eigenvalue weighted by Gasteiger charge is -2.07. The van der Waals surface area contributed by atoms with Crippen LogP contribution >= 0.6 is 0 Å². The summed E-state index contributed by atoms with van der Waals surface area (Å²) in [6, 6.07) is 18.3. The molecular formula is C18H12N2O. The summed E-state index contributed by atoms with van der Waals surface area (Å²) in [5.74, 6) is -0.0738. The molecule has 1 aromatic heterocycles. The summed E-state index contributed by atoms with van der Waals surface area (Å²) < 4.78 is 0. The average Bonchev–Trinajstić information content (AvgIpc) is 2.53. The number of para-hydroxylation sites is 1. The Kier molecular flexibility index (Phi) is 3.21. The van der Waals surface area contributed by atoms with E-state index in [1.807, 2.05) is 43.3 Å². The van der Waals surface area contributed by atoms with Gasteiger partial charge in [-0.3, -0.25) is 9.78 Å². The van der Waals surface area contributed by atoms with Crippen molar-refractivity contribution in [2.24, 2.45) is 0 Å². The maximum atomic E-state index is 12.6. The van der Waals surface area contributed by atoms with E-state index < -0.39 is 0 Å². The third-order valence-electron chi connectivity index (χ3n) is 3.44. The molecule has 0 aliphatic carbocycles. The molecule has 0 aliphatic rings. The Hall–Kier alpha value is -2.99. The number of benzene rings is 2. The predicted molar refractivity (Wildman–Crippen MR) is 81.1 cm³/mol. The van der Waals surface area contributed by atoms with Gasteiger partial charge in [0.1, 0.15) is 0 Å². The van der Waals surface area contributed by atoms with E-state index in [4.69, 9.17) is 5.26 Å². The number of aryl methyl sites for hydroxylation is 1. The largest absolute Gasteiger partial charge is 0.289 e. The smallest absolute Gasteiger partial charge is 0.194 e. The number of carbonyl (C=O) groups excluding carboxylic acids is 1. The number of carbonyl (C=O) groups is 1. The van der Waals surface area contributed by atoms with Crippen LogP contribution in [0.2, 0.25) is 0 Å². The van der Waals surface area contributed by atoms with Gasteiger partial charge in [-0.15, -0.1) is 0 Å². The number of nitriles is 1. The lowest BCUT2D eigenvalue weighted by Crippen LogP contribution is -2.05. The van der Waals surface area contributed by atoms with Gasteiger partial charge < -0.3 is 0 Å². The summed E-state index contributed by atoms with van der Waals surface area (Å²) in [4.78, 5) is 17.1. The Labute approximate surface area is 122 Å². The zero-order chi connectivity index (χ0) is 14.8. The molecule has 3 nitrogen and oxygen atoms in total. The molecule has 0 saturated heterocycles. The van der Waals surface area contributed by atoms with Crippen LogP contribution in [0.4, 0.5) is 0 Å². The Morgan fingerprint density at radius 1 is 1.10 bits per heavy atom. The molecule has 100 valence electrons. The summed E-state index contributed by atoms with van der Waals surface area (Å²) in [6.45, 7) is 1.84. The van der Waals surface area contributed by atoms with Crippen LogP contribution in [0.3, 0.4) is 0 Å². The van der Waals surface area contributed by atoms with Crippen LogP contribution in [-0.4, -0.2) is 10.8 Å². The van der Waals surface area contributed by atoms with Crippen LogP contribution in [0, 0.1) is 18.3 Å². The quantitative estimate of drug-likeness (QED) is 0.669. The predicted octanol–water partition coefficient (Wildman–Crippen LogP) is 3.65. The first-order valence-corrected chi connectivity index (χ1v) is 6.60. The molecule has 0 amide bonds. The Balaban J connectivity index is 2.08. The number of ketones is 1. The molecule has 0 unspecified atom stereocenters. The molecule has 0 aliphatic heterocycles. The normalized spacial score (nSPS) is 10.3. The number of rotatable bonds is 2. The number of nitrogens with zero attached hydrogens (tertiary/aromatic N) is 2. The van der Waals surface area contributed by atoms with Crippen LogP contribution in [0.25, 0.3) is 10.9 Å². The van der Waals surface area contributed by atoms with E-state index in [0.717, 1.165) is 10.9 Å². The van der Waals surface area contributed by atoms with E-state index >= 15 is 0 Å². The van der Waals surface area contributed by atoms with E-state index in [1.54, 1.807) is 24.3 Å². The number of hydrogen-bond acceptors (Lipinski definition) is 3. The van der Waals surface area contributed by atoms with Gasteiger partial charge in [0.15, 0.2) is 5.78 Å². The average molecular weight is 272 g/mol. The minimum atomic E-state index is -0.0738. The van der Waals surface area contributed by atoms with Gasteiger partial charge >= 0.3 is 0 Å². The summed E-state index contributed by atoms with van der Waals surface area (Å²) >= 11 is 0. The monoisotopic (exact) mass is 272 g/mol. The topological polar surface area (TPSA) is 53.8 Å². The second kappa shape index (κ2) is 5.18. The van der Waals surface area contributed by atoms with Crippen LogP contribution in [0.1, 0.15) is 27.2 Å². The Morgan fingerprint density at radius 3 is 2.52 bits per heavy atom. The van der Waals surface area contributed by atoms with Gasteiger partial charge in [0.2, 0.25) is 0 Å². The van der Waals surface area contributed by atoms with Gasteiger partial charge in [-0.25, -0.2) is 0 Å². The van der Waals surface area contributed by atoms with Crippen molar-refractivity contribution in [2.75, 3.05) is 0 Å². The molecule has 0 radical (unpaired) electrons. The first-order valence-electron chi connectivity index (χ1n) is 6.60. The van der Waals surface area contributed by atoms with E-state index in [1.165, 1.54) is 0 Å². The Morgan fingerprint density at radius 2 is 1.81 bits per heavy atom. The maximum Gasteiger partial charge on any atom is 0.194 e. The zero-order valence-electron chi connectivity index (χ0n) is 11.5. The second-order valence-electron chi connectivity index (χ2n) is 4.83. The van der Waals surface area contributed by atoms with Crippen molar-refractivity contribution in [3.05, 3.63) is 77.0 Å². The molecule has 3 heteroatoms. The lowest BCUT2D eigenvalue weighted by atomic mass is 9.99. The van der Waals surface area contributed by atoms with E-state index in [-0.39, 0.29) is 5.78 Å². The first kappa shape index (κ1) is 13.0. The molecule has 0 N–H and O–H groups in total. The fraction of sp³-hybridized carbons (Fsp3) is 0.0556. The lowest BCUT2D eigenvalue weighted by molar-refractivity contribution is 0.103. The van der Waals surface area contributed by atoms with Gasteiger partial charge in [-0.05, 0) is 43.3 Å². The molecule has 0 saturated carbocycles. The molecule has 2 aromatic carbocycles. The highest BCUT2D eigenvalue weighted by Gasteiger charge is 2.13. The first-order chi connectivity index (χ1) is 10.2. The highest BCUT2D eigenvalue weighted by molar-refractivity contribution is 6.11. The fourth-order valence-corrected chi connectivity index (χ4v) is 2.29. The van der Waals surface area contributed by atoms with Crippen molar-refractivity contribution in [3.8, 4) is 6.07 Å². The molecular weight excluding hydrogens is 260 g/mol. The number of pyridine rings is 1. The molecule has 1 heterocycles. The fourth-order valence-electron chi connectivity index (χ4n) is 2.29. The van der Waals surface area contributed by atoms with Crippen molar-refractivity contribution < 1.29 is 4.79 Å². The van der Waals surface area contributed by atoms with Gasteiger partial charge in [0.25, 0.3) is 0 Å². The van der Waals surface area contributed by atoms with Crippen molar-refractivity contribution in [3.63, 3.8) is 0 Å². The van der Waals surface area contributed by atoms with Crippen LogP contribution < -0.4 is 0 Å². The van der Waals surface area contributed by atoms with Gasteiger partial charge in [-0.1, -0.05) is 18.2 Å². The molecule has 21 heavy (non-hydrogen) atoms. The van der Waals surface area contributed by atoms with Crippen LogP contribution in [0.15, 0.2) is 54.6 Å². The molecule has 0 bridgehead atoms. The van der Waals surface area contributed by atoms with Crippen molar-refractivity contribution in [2.45, 2.75) is 6.92 Å². The molecule has 0 spiro atoms. The summed E-state index contributed by atoms with van der Waals surface area (Å²) in [5, 5.41) is 9.75. The Bertz CT molecular complexity index is 874. The highest BCUT2D eigenvalue weighted by Crippen LogP contribution is 2.19. The van der Waals surface area contributed by atoms with Gasteiger partial charge in [0.05, 0.1) is 17.1 Å². The standard InChI is InChI=1S/C18H12N2O/c1-12-16(10-15-4-2-3-5-17(15)20-12)18(21)14-8-6-13(11-19)7-9-14/h2-10H,1H3. The van der Waals surface area contributed by atoms with Gasteiger partial charge in [0, 0.05) is 22.2 Å². The minimum Gasteiger partial charge on any atom is -0.289 e. The number of fused-ring (bicyclic) bond motifs is 1. The molecule has 0 atom stereocenters. The molecule has 3 rings (SSSR count). The van der Waals surface area contributed by atoms with E-state index in [2.05, 4.69) is 4.98 Å². The summed E-state index contributed by atoms with van der Waals surface area (Å²) in [5.41, 5.74) is 3.29.